The highest BCUT2D eigenvalue weighted by atomic mass is 15.1. The molecule has 2 aliphatic rings. The van der Waals surface area contributed by atoms with Crippen LogP contribution in [-0.2, 0) is 0 Å². The highest BCUT2D eigenvalue weighted by molar-refractivity contribution is 4.79. The number of likely N-dealkylation sites (tertiary alicyclic amines) is 1. The fraction of sp³-hybridized carbons (Fsp3) is 1.00. The Morgan fingerprint density at radius 2 is 1.50 bits per heavy atom. The van der Waals surface area contributed by atoms with Crippen LogP contribution in [-0.4, -0.2) is 24.0 Å². The summed E-state index contributed by atoms with van der Waals surface area (Å²) in [6.45, 7) is 7.40. The van der Waals surface area contributed by atoms with Crippen molar-refractivity contribution in [2.45, 2.75) is 58.4 Å². The zero-order valence-electron chi connectivity index (χ0n) is 9.84. The van der Waals surface area contributed by atoms with Gasteiger partial charge in [0, 0.05) is 6.04 Å². The summed E-state index contributed by atoms with van der Waals surface area (Å²) >= 11 is 0. The first-order chi connectivity index (χ1) is 6.75. The van der Waals surface area contributed by atoms with Crippen molar-refractivity contribution in [1.82, 2.24) is 4.90 Å². The van der Waals surface area contributed by atoms with Gasteiger partial charge >= 0.3 is 0 Å². The van der Waals surface area contributed by atoms with E-state index in [0.717, 1.165) is 17.9 Å². The predicted molar refractivity (Wildman–Crippen MR) is 61.4 cm³/mol. The molecule has 0 aromatic carbocycles. The molecule has 1 aliphatic heterocycles. The molecule has 1 nitrogen and oxygen atoms in total. The number of hydrogen-bond donors (Lipinski definition) is 0. The minimum Gasteiger partial charge on any atom is -0.301 e. The van der Waals surface area contributed by atoms with Crippen molar-refractivity contribution in [1.29, 1.82) is 0 Å². The van der Waals surface area contributed by atoms with Crippen molar-refractivity contribution in [3.63, 3.8) is 0 Å². The summed E-state index contributed by atoms with van der Waals surface area (Å²) in [7, 11) is 0. The van der Waals surface area contributed by atoms with Crippen LogP contribution >= 0.6 is 0 Å². The normalized spacial score (nSPS) is 35.4. The summed E-state index contributed by atoms with van der Waals surface area (Å²) in [4.78, 5) is 2.68. The van der Waals surface area contributed by atoms with Gasteiger partial charge in [-0.3, -0.25) is 0 Å². The fourth-order valence-corrected chi connectivity index (χ4v) is 3.25. The van der Waals surface area contributed by atoms with Crippen LogP contribution in [0.25, 0.3) is 0 Å². The van der Waals surface area contributed by atoms with Crippen molar-refractivity contribution in [3.8, 4) is 0 Å². The molecule has 0 N–H and O–H groups in total. The summed E-state index contributed by atoms with van der Waals surface area (Å²) in [6, 6.07) is 0.758. The summed E-state index contributed by atoms with van der Waals surface area (Å²) < 4.78 is 0. The van der Waals surface area contributed by atoms with E-state index in [1.54, 1.807) is 6.42 Å². The fourth-order valence-electron chi connectivity index (χ4n) is 3.25. The molecule has 2 bridgehead atoms. The Bertz CT molecular complexity index is 162. The standard InChI is InChI=1S/C13H25N/c1-11(2)14-8-6-12-4-3-5-13(10-12)7-9-14/h11-13H,3-10H2,1-2H3. The van der Waals surface area contributed by atoms with Crippen molar-refractivity contribution in [2.24, 2.45) is 11.8 Å². The van der Waals surface area contributed by atoms with E-state index in [1.807, 2.05) is 0 Å². The van der Waals surface area contributed by atoms with E-state index in [-0.39, 0.29) is 0 Å². The number of hydrogen-bond acceptors (Lipinski definition) is 1. The molecule has 1 aliphatic carbocycles. The van der Waals surface area contributed by atoms with Crippen LogP contribution in [0.2, 0.25) is 0 Å². The third kappa shape index (κ3) is 2.50. The largest absolute Gasteiger partial charge is 0.301 e. The lowest BCUT2D eigenvalue weighted by Crippen LogP contribution is -2.37. The molecule has 0 radical (unpaired) electrons. The lowest BCUT2D eigenvalue weighted by Gasteiger charge is -2.37. The molecule has 2 atom stereocenters. The molecular weight excluding hydrogens is 170 g/mol. The van der Waals surface area contributed by atoms with E-state index in [2.05, 4.69) is 18.7 Å². The minimum absolute atomic E-state index is 0.758. The Morgan fingerprint density at radius 3 is 2.00 bits per heavy atom. The summed E-state index contributed by atoms with van der Waals surface area (Å²) in [5.41, 5.74) is 0. The van der Waals surface area contributed by atoms with Crippen LogP contribution in [0.4, 0.5) is 0 Å². The van der Waals surface area contributed by atoms with Gasteiger partial charge in [-0.05, 0) is 58.0 Å². The Morgan fingerprint density at radius 1 is 0.929 bits per heavy atom. The van der Waals surface area contributed by atoms with Gasteiger partial charge in [0.05, 0.1) is 0 Å². The van der Waals surface area contributed by atoms with Crippen LogP contribution in [0.15, 0.2) is 0 Å². The minimum atomic E-state index is 0.758. The lowest BCUT2D eigenvalue weighted by molar-refractivity contribution is 0.129. The average molecular weight is 195 g/mol. The van der Waals surface area contributed by atoms with E-state index in [4.69, 9.17) is 0 Å². The molecule has 1 heteroatoms. The number of nitrogens with zero attached hydrogens (tertiary/aromatic N) is 1. The molecule has 2 rings (SSSR count). The molecule has 0 amide bonds. The van der Waals surface area contributed by atoms with Crippen molar-refractivity contribution in [2.75, 3.05) is 13.1 Å². The molecule has 82 valence electrons. The zero-order chi connectivity index (χ0) is 9.97. The molecule has 1 saturated carbocycles. The predicted octanol–water partition coefficient (Wildman–Crippen LogP) is 3.30. The topological polar surface area (TPSA) is 3.24 Å². The lowest BCUT2D eigenvalue weighted by atomic mass is 9.77. The molecule has 14 heavy (non-hydrogen) atoms. The van der Waals surface area contributed by atoms with E-state index in [0.29, 0.717) is 0 Å². The molecule has 0 aromatic heterocycles. The van der Waals surface area contributed by atoms with Gasteiger partial charge < -0.3 is 4.90 Å². The van der Waals surface area contributed by atoms with Gasteiger partial charge in [0.1, 0.15) is 0 Å². The van der Waals surface area contributed by atoms with Crippen molar-refractivity contribution >= 4 is 0 Å². The van der Waals surface area contributed by atoms with Gasteiger partial charge in [0.15, 0.2) is 0 Å². The molecule has 1 saturated heterocycles. The summed E-state index contributed by atoms with van der Waals surface area (Å²) in [5.74, 6) is 2.13. The van der Waals surface area contributed by atoms with E-state index in [9.17, 15) is 0 Å². The zero-order valence-corrected chi connectivity index (χ0v) is 9.84. The maximum Gasteiger partial charge on any atom is 0.00385 e. The van der Waals surface area contributed by atoms with E-state index in [1.165, 1.54) is 45.2 Å². The van der Waals surface area contributed by atoms with Crippen LogP contribution in [0.1, 0.15) is 52.4 Å². The summed E-state index contributed by atoms with van der Waals surface area (Å²) in [6.07, 6.45) is 9.02. The van der Waals surface area contributed by atoms with Crippen LogP contribution < -0.4 is 0 Å². The second-order valence-electron chi connectivity index (χ2n) is 5.61. The second kappa shape index (κ2) is 4.65. The summed E-state index contributed by atoms with van der Waals surface area (Å²) in [5, 5.41) is 0. The first-order valence-corrected chi connectivity index (χ1v) is 6.49. The number of fused-ring (bicyclic) bond motifs is 2. The second-order valence-corrected chi connectivity index (χ2v) is 5.61. The molecule has 2 fully saturated rings. The van der Waals surface area contributed by atoms with E-state index < -0.39 is 0 Å². The number of rotatable bonds is 1. The van der Waals surface area contributed by atoms with Crippen molar-refractivity contribution < 1.29 is 0 Å². The van der Waals surface area contributed by atoms with Gasteiger partial charge in [-0.2, -0.15) is 0 Å². The molecule has 0 aromatic rings. The van der Waals surface area contributed by atoms with Crippen molar-refractivity contribution in [3.05, 3.63) is 0 Å². The Labute approximate surface area is 88.9 Å². The van der Waals surface area contributed by atoms with Crippen LogP contribution in [0.3, 0.4) is 0 Å². The SMILES string of the molecule is CC(C)N1CCC2CCCC(CC1)C2. The van der Waals surface area contributed by atoms with Gasteiger partial charge in [-0.25, -0.2) is 0 Å². The first kappa shape index (κ1) is 10.5. The Kier molecular flexibility index (Phi) is 3.48. The third-order valence-electron chi connectivity index (χ3n) is 4.27. The molecule has 0 spiro atoms. The van der Waals surface area contributed by atoms with Gasteiger partial charge in [-0.1, -0.05) is 19.3 Å². The smallest absolute Gasteiger partial charge is 0.00385 e. The molecule has 1 heterocycles. The van der Waals surface area contributed by atoms with E-state index >= 15 is 0 Å². The van der Waals surface area contributed by atoms with Crippen LogP contribution in [0.5, 0.6) is 0 Å². The third-order valence-corrected chi connectivity index (χ3v) is 4.27. The first-order valence-electron chi connectivity index (χ1n) is 6.49. The van der Waals surface area contributed by atoms with Gasteiger partial charge in [-0.15, -0.1) is 0 Å². The molecule has 2 unspecified atom stereocenters. The monoisotopic (exact) mass is 195 g/mol. The Balaban J connectivity index is 1.92. The quantitative estimate of drug-likeness (QED) is 0.620. The highest BCUT2D eigenvalue weighted by Gasteiger charge is 2.25. The van der Waals surface area contributed by atoms with Gasteiger partial charge in [0.25, 0.3) is 0 Å². The molecular formula is C13H25N. The average Bonchev–Trinajstić information content (AvgIpc) is 2.16. The van der Waals surface area contributed by atoms with Gasteiger partial charge in [0.2, 0.25) is 0 Å². The van der Waals surface area contributed by atoms with Crippen LogP contribution in [0, 0.1) is 11.8 Å². The maximum absolute atomic E-state index is 2.68. The Hall–Kier alpha value is -0.0400. The maximum atomic E-state index is 2.68. The highest BCUT2D eigenvalue weighted by Crippen LogP contribution is 2.34.